The predicted octanol–water partition coefficient (Wildman–Crippen LogP) is 8.55. The average Bonchev–Trinajstić information content (AvgIpc) is 2.71. The monoisotopic (exact) mass is 382 g/mol. The minimum atomic E-state index is 0.322. The summed E-state index contributed by atoms with van der Waals surface area (Å²) in [5.74, 6) is 0.910. The number of hydrogen-bond acceptors (Lipinski definition) is 1. The molecule has 1 unspecified atom stereocenters. The molecule has 1 atom stereocenters. The normalized spacial score (nSPS) is 17.5. The number of aryl methyl sites for hydroxylation is 1. The quantitative estimate of drug-likeness (QED) is 0.260. The molecule has 156 valence electrons. The summed E-state index contributed by atoms with van der Waals surface area (Å²) in [5, 5.41) is 0. The van der Waals surface area contributed by atoms with E-state index in [9.17, 15) is 0 Å². The molecule has 28 heavy (non-hydrogen) atoms. The lowest BCUT2D eigenvalue weighted by Gasteiger charge is -2.34. The Balaban J connectivity index is 1.46. The molecule has 0 aromatic heterocycles. The van der Waals surface area contributed by atoms with Gasteiger partial charge in [0.1, 0.15) is 11.9 Å². The molecular weight excluding hydrogens is 340 g/mol. The first kappa shape index (κ1) is 22.8. The Hall–Kier alpha value is -1.50. The maximum atomic E-state index is 5.80. The number of allylic oxidation sites excluding steroid dienone is 1. The molecule has 1 fully saturated rings. The summed E-state index contributed by atoms with van der Waals surface area (Å²) < 4.78 is 5.80. The van der Waals surface area contributed by atoms with E-state index in [-0.39, 0.29) is 0 Å². The van der Waals surface area contributed by atoms with Crippen molar-refractivity contribution in [2.45, 2.75) is 109 Å². The third-order valence-electron chi connectivity index (χ3n) is 5.90. The summed E-state index contributed by atoms with van der Waals surface area (Å²) in [6.45, 7) is 6.33. The molecular formula is C27H42O. The maximum Gasteiger partial charge on any atom is 0.127 e. The molecule has 1 aliphatic heterocycles. The number of ether oxygens (including phenoxy) is 1. The fourth-order valence-corrected chi connectivity index (χ4v) is 4.09. The van der Waals surface area contributed by atoms with E-state index >= 15 is 0 Å². The first-order chi connectivity index (χ1) is 13.8. The van der Waals surface area contributed by atoms with E-state index in [1.807, 2.05) is 0 Å². The molecule has 1 aromatic rings. The third-order valence-corrected chi connectivity index (χ3v) is 5.90. The highest BCUT2D eigenvalue weighted by Gasteiger charge is 2.29. The second-order valence-electron chi connectivity index (χ2n) is 8.39. The molecule has 0 saturated carbocycles. The highest BCUT2D eigenvalue weighted by atomic mass is 16.5. The van der Waals surface area contributed by atoms with Crippen LogP contribution in [0, 0.1) is 0 Å². The van der Waals surface area contributed by atoms with E-state index in [0.717, 1.165) is 18.6 Å². The van der Waals surface area contributed by atoms with Gasteiger partial charge in [-0.1, -0.05) is 114 Å². The Morgan fingerprint density at radius 2 is 1.43 bits per heavy atom. The van der Waals surface area contributed by atoms with Gasteiger partial charge in [0.25, 0.3) is 0 Å². The molecule has 0 spiro atoms. The van der Waals surface area contributed by atoms with Crippen LogP contribution in [0.25, 0.3) is 0 Å². The van der Waals surface area contributed by atoms with Gasteiger partial charge in [-0.15, -0.1) is 0 Å². The Morgan fingerprint density at radius 1 is 0.821 bits per heavy atom. The Kier molecular flexibility index (Phi) is 11.8. The van der Waals surface area contributed by atoms with Gasteiger partial charge >= 0.3 is 0 Å². The van der Waals surface area contributed by atoms with E-state index in [0.29, 0.717) is 6.10 Å². The lowest BCUT2D eigenvalue weighted by Crippen LogP contribution is -2.28. The minimum absolute atomic E-state index is 0.322. The first-order valence-corrected chi connectivity index (χ1v) is 11.9. The summed E-state index contributed by atoms with van der Waals surface area (Å²) in [7, 11) is 0. The molecule has 1 saturated heterocycles. The van der Waals surface area contributed by atoms with Crippen molar-refractivity contribution in [2.24, 2.45) is 0 Å². The van der Waals surface area contributed by atoms with Crippen molar-refractivity contribution in [3.63, 3.8) is 0 Å². The van der Waals surface area contributed by atoms with E-state index in [1.165, 1.54) is 94.6 Å². The molecule has 1 nitrogen and oxygen atoms in total. The van der Waals surface area contributed by atoms with E-state index in [4.69, 9.17) is 4.74 Å². The van der Waals surface area contributed by atoms with Crippen molar-refractivity contribution >= 4 is 0 Å². The van der Waals surface area contributed by atoms with Crippen LogP contribution in [-0.4, -0.2) is 6.10 Å². The van der Waals surface area contributed by atoms with Crippen molar-refractivity contribution in [1.29, 1.82) is 0 Å². The fourth-order valence-electron chi connectivity index (χ4n) is 4.09. The Morgan fingerprint density at radius 3 is 2.04 bits per heavy atom. The van der Waals surface area contributed by atoms with Crippen LogP contribution < -0.4 is 0 Å². The van der Waals surface area contributed by atoms with Crippen molar-refractivity contribution in [3.8, 4) is 0 Å². The van der Waals surface area contributed by atoms with Crippen LogP contribution in [0.2, 0.25) is 0 Å². The number of hydrogen-bond donors (Lipinski definition) is 0. The van der Waals surface area contributed by atoms with Crippen molar-refractivity contribution < 1.29 is 4.74 Å². The van der Waals surface area contributed by atoms with Crippen LogP contribution in [0.5, 0.6) is 0 Å². The predicted molar refractivity (Wildman–Crippen MR) is 123 cm³/mol. The fraction of sp³-hybridized carbons (Fsp3) is 0.630. The summed E-state index contributed by atoms with van der Waals surface area (Å²) >= 11 is 0. The molecule has 0 radical (unpaired) electrons. The van der Waals surface area contributed by atoms with Crippen molar-refractivity contribution in [1.82, 2.24) is 0 Å². The van der Waals surface area contributed by atoms with Gasteiger partial charge in [-0.3, -0.25) is 0 Å². The summed E-state index contributed by atoms with van der Waals surface area (Å²) in [5.41, 5.74) is 2.81. The molecule has 1 aromatic carbocycles. The summed E-state index contributed by atoms with van der Waals surface area (Å²) in [4.78, 5) is 0. The zero-order valence-electron chi connectivity index (χ0n) is 18.3. The molecule has 1 heteroatoms. The second-order valence-corrected chi connectivity index (χ2v) is 8.39. The highest BCUT2D eigenvalue weighted by Crippen LogP contribution is 2.34. The molecule has 1 heterocycles. The van der Waals surface area contributed by atoms with E-state index in [2.05, 4.69) is 49.9 Å². The molecule has 0 aliphatic carbocycles. The first-order valence-electron chi connectivity index (χ1n) is 11.9. The third kappa shape index (κ3) is 9.13. The lowest BCUT2D eigenvalue weighted by atomic mass is 9.94. The van der Waals surface area contributed by atoms with Gasteiger partial charge in [-0.25, -0.2) is 0 Å². The van der Waals surface area contributed by atoms with Gasteiger partial charge in [0.15, 0.2) is 0 Å². The van der Waals surface area contributed by atoms with Gasteiger partial charge in [-0.2, -0.15) is 0 Å². The SMILES string of the molecule is C=C1OC(CCCCCCCCCCCCC)/C1=C/CCCc1ccccc1. The van der Waals surface area contributed by atoms with Gasteiger partial charge in [-0.05, 0) is 37.7 Å². The van der Waals surface area contributed by atoms with Crippen molar-refractivity contribution in [2.75, 3.05) is 0 Å². The van der Waals surface area contributed by atoms with Gasteiger partial charge in [0, 0.05) is 5.57 Å². The van der Waals surface area contributed by atoms with Gasteiger partial charge < -0.3 is 4.74 Å². The zero-order valence-corrected chi connectivity index (χ0v) is 18.3. The van der Waals surface area contributed by atoms with E-state index in [1.54, 1.807) is 0 Å². The van der Waals surface area contributed by atoms with Gasteiger partial charge in [0.2, 0.25) is 0 Å². The Labute approximate surface area is 174 Å². The minimum Gasteiger partial charge on any atom is -0.486 e. The standard InChI is InChI=1S/C27H42O/c1-3-4-5-6-7-8-9-10-11-12-16-23-27-26(24(2)28-27)22-18-17-21-25-19-14-13-15-20-25/h13-15,19-20,22,27H,2-12,16-18,21,23H2,1H3/b26-22+. The van der Waals surface area contributed by atoms with E-state index < -0.39 is 0 Å². The van der Waals surface area contributed by atoms with Gasteiger partial charge in [0.05, 0.1) is 0 Å². The van der Waals surface area contributed by atoms with Crippen LogP contribution in [0.4, 0.5) is 0 Å². The van der Waals surface area contributed by atoms with Crippen LogP contribution >= 0.6 is 0 Å². The molecule has 0 bridgehead atoms. The zero-order chi connectivity index (χ0) is 19.9. The molecule has 0 amide bonds. The number of unbranched alkanes of at least 4 members (excludes halogenated alkanes) is 11. The van der Waals surface area contributed by atoms with Crippen molar-refractivity contribution in [3.05, 3.63) is 59.9 Å². The van der Waals surface area contributed by atoms with Crippen LogP contribution in [-0.2, 0) is 11.2 Å². The van der Waals surface area contributed by atoms with Crippen LogP contribution in [0.15, 0.2) is 54.3 Å². The highest BCUT2D eigenvalue weighted by molar-refractivity contribution is 5.35. The lowest BCUT2D eigenvalue weighted by molar-refractivity contribution is 0.0744. The number of rotatable bonds is 16. The molecule has 0 N–H and O–H groups in total. The average molecular weight is 383 g/mol. The second kappa shape index (κ2) is 14.5. The molecule has 2 rings (SSSR count). The molecule has 1 aliphatic rings. The maximum absolute atomic E-state index is 5.80. The Bertz CT molecular complexity index is 557. The summed E-state index contributed by atoms with van der Waals surface area (Å²) in [6.07, 6.45) is 22.7. The summed E-state index contributed by atoms with van der Waals surface area (Å²) in [6, 6.07) is 10.8. The topological polar surface area (TPSA) is 9.23 Å². The largest absolute Gasteiger partial charge is 0.486 e. The van der Waals surface area contributed by atoms with Crippen LogP contribution in [0.1, 0.15) is 102 Å². The smallest absolute Gasteiger partial charge is 0.127 e. The van der Waals surface area contributed by atoms with Crippen LogP contribution in [0.3, 0.4) is 0 Å². The number of benzene rings is 1.